The molecule has 6 heteroatoms. The minimum atomic E-state index is -0.594. The number of para-hydroxylation sites is 1. The van der Waals surface area contributed by atoms with Crippen molar-refractivity contribution in [2.75, 3.05) is 0 Å². The monoisotopic (exact) mass is 347 g/mol. The highest BCUT2D eigenvalue weighted by Gasteiger charge is 2.13. The Balaban J connectivity index is 1.89. The Bertz CT molecular complexity index is 1100. The molecule has 0 aliphatic rings. The van der Waals surface area contributed by atoms with Crippen LogP contribution in [0.3, 0.4) is 0 Å². The molecular formula is C20H18FN5. The lowest BCUT2D eigenvalue weighted by Crippen LogP contribution is -2.07. The molecule has 26 heavy (non-hydrogen) atoms. The second-order valence-corrected chi connectivity index (χ2v) is 6.18. The summed E-state index contributed by atoms with van der Waals surface area (Å²) >= 11 is 0. The normalized spacial score (nSPS) is 13.0. The molecule has 3 aromatic carbocycles. The van der Waals surface area contributed by atoms with Crippen LogP contribution in [0.1, 0.15) is 17.3 Å². The van der Waals surface area contributed by atoms with Crippen molar-refractivity contribution in [1.29, 1.82) is 0 Å². The van der Waals surface area contributed by atoms with Gasteiger partial charge in [0.15, 0.2) is 0 Å². The van der Waals surface area contributed by atoms with Gasteiger partial charge in [0.05, 0.1) is 0 Å². The van der Waals surface area contributed by atoms with Crippen LogP contribution in [0.2, 0.25) is 0 Å². The third-order valence-corrected chi connectivity index (χ3v) is 4.58. The van der Waals surface area contributed by atoms with E-state index in [0.29, 0.717) is 6.54 Å². The number of fused-ring (bicyclic) bond motifs is 3. The lowest BCUT2D eigenvalue weighted by atomic mass is 10.1. The van der Waals surface area contributed by atoms with Crippen LogP contribution >= 0.6 is 0 Å². The first-order valence-electron chi connectivity index (χ1n) is 8.28. The number of benzene rings is 3. The van der Waals surface area contributed by atoms with Crippen LogP contribution in [0.5, 0.6) is 0 Å². The maximum atomic E-state index is 13.2. The summed E-state index contributed by atoms with van der Waals surface area (Å²) < 4.78 is 15.4. The SMILES string of the molecule is NN=NC(N)c1ccc2c(c1)c1ccccc1n2Cc1ccc(F)cc1. The molecule has 130 valence electrons. The molecule has 4 N–H and O–H groups in total. The Morgan fingerprint density at radius 3 is 2.42 bits per heavy atom. The van der Waals surface area contributed by atoms with Crippen molar-refractivity contribution < 1.29 is 4.39 Å². The molecule has 0 bridgehead atoms. The Hall–Kier alpha value is -3.25. The molecule has 0 spiro atoms. The molecular weight excluding hydrogens is 329 g/mol. The van der Waals surface area contributed by atoms with Gasteiger partial charge in [-0.05, 0) is 41.5 Å². The van der Waals surface area contributed by atoms with E-state index < -0.39 is 6.17 Å². The van der Waals surface area contributed by atoms with E-state index in [2.05, 4.69) is 27.0 Å². The fourth-order valence-corrected chi connectivity index (χ4v) is 3.34. The summed E-state index contributed by atoms with van der Waals surface area (Å²) in [5.74, 6) is 4.89. The van der Waals surface area contributed by atoms with Gasteiger partial charge in [0.2, 0.25) is 0 Å². The summed E-state index contributed by atoms with van der Waals surface area (Å²) in [6, 6.07) is 20.8. The van der Waals surface area contributed by atoms with E-state index in [4.69, 9.17) is 11.6 Å². The predicted molar refractivity (Wildman–Crippen MR) is 101 cm³/mol. The summed E-state index contributed by atoms with van der Waals surface area (Å²) in [6.07, 6.45) is -0.594. The van der Waals surface area contributed by atoms with Gasteiger partial charge < -0.3 is 16.1 Å². The molecule has 0 saturated carbocycles. The van der Waals surface area contributed by atoms with Crippen LogP contribution in [0.4, 0.5) is 4.39 Å². The smallest absolute Gasteiger partial charge is 0.146 e. The number of hydrogen-bond donors (Lipinski definition) is 2. The predicted octanol–water partition coefficient (Wildman–Crippen LogP) is 4.27. The van der Waals surface area contributed by atoms with E-state index in [1.165, 1.54) is 12.1 Å². The third-order valence-electron chi connectivity index (χ3n) is 4.58. The fourth-order valence-electron chi connectivity index (χ4n) is 3.34. The first-order chi connectivity index (χ1) is 12.7. The Morgan fingerprint density at radius 2 is 1.65 bits per heavy atom. The van der Waals surface area contributed by atoms with Gasteiger partial charge in [-0.3, -0.25) is 0 Å². The van der Waals surface area contributed by atoms with Crippen molar-refractivity contribution in [2.45, 2.75) is 12.7 Å². The van der Waals surface area contributed by atoms with E-state index >= 15 is 0 Å². The van der Waals surface area contributed by atoms with E-state index in [9.17, 15) is 4.39 Å². The van der Waals surface area contributed by atoms with Gasteiger partial charge in [0.1, 0.15) is 12.0 Å². The fraction of sp³-hybridized carbons (Fsp3) is 0.100. The molecule has 0 amide bonds. The number of rotatable bonds is 4. The van der Waals surface area contributed by atoms with E-state index in [-0.39, 0.29) is 5.82 Å². The molecule has 0 fully saturated rings. The van der Waals surface area contributed by atoms with Gasteiger partial charge in [-0.1, -0.05) is 41.6 Å². The molecule has 0 aliphatic carbocycles. The molecule has 0 radical (unpaired) electrons. The summed E-state index contributed by atoms with van der Waals surface area (Å²) in [4.78, 5) is 0. The van der Waals surface area contributed by atoms with Crippen LogP contribution in [0.15, 0.2) is 77.1 Å². The van der Waals surface area contributed by atoms with Crippen molar-refractivity contribution in [3.63, 3.8) is 0 Å². The van der Waals surface area contributed by atoms with Crippen molar-refractivity contribution in [3.05, 3.63) is 83.7 Å². The first kappa shape index (κ1) is 16.2. The van der Waals surface area contributed by atoms with E-state index in [1.54, 1.807) is 0 Å². The summed E-state index contributed by atoms with van der Waals surface area (Å²) in [5.41, 5.74) is 10.1. The van der Waals surface area contributed by atoms with Crippen molar-refractivity contribution >= 4 is 21.8 Å². The molecule has 4 aromatic rings. The standard InChI is InChI=1S/C20H18FN5/c21-15-8-5-13(6-9-15)12-26-18-4-2-1-3-16(18)17-11-14(7-10-19(17)26)20(22)24-25-23/h1-11,20H,12,22H2,(H2,23,24). The second-order valence-electron chi connectivity index (χ2n) is 6.18. The van der Waals surface area contributed by atoms with E-state index in [1.807, 2.05) is 42.5 Å². The van der Waals surface area contributed by atoms with Gasteiger partial charge in [0, 0.05) is 28.4 Å². The largest absolute Gasteiger partial charge is 0.336 e. The number of nitrogens with zero attached hydrogens (tertiary/aromatic N) is 3. The number of hydrogen-bond acceptors (Lipinski definition) is 3. The zero-order valence-electron chi connectivity index (χ0n) is 14.0. The highest BCUT2D eigenvalue weighted by Crippen LogP contribution is 2.31. The molecule has 1 heterocycles. The average Bonchev–Trinajstić information content (AvgIpc) is 2.97. The Morgan fingerprint density at radius 1 is 0.923 bits per heavy atom. The highest BCUT2D eigenvalue weighted by molar-refractivity contribution is 6.08. The number of halogens is 1. The lowest BCUT2D eigenvalue weighted by molar-refractivity contribution is 0.626. The summed E-state index contributed by atoms with van der Waals surface area (Å²) in [7, 11) is 0. The van der Waals surface area contributed by atoms with Crippen molar-refractivity contribution in [3.8, 4) is 0 Å². The van der Waals surface area contributed by atoms with Gasteiger partial charge in [-0.2, -0.15) is 0 Å². The van der Waals surface area contributed by atoms with Crippen molar-refractivity contribution in [2.24, 2.45) is 21.9 Å². The van der Waals surface area contributed by atoms with Gasteiger partial charge in [-0.15, -0.1) is 5.11 Å². The zero-order chi connectivity index (χ0) is 18.1. The molecule has 1 atom stereocenters. The highest BCUT2D eigenvalue weighted by atomic mass is 19.1. The van der Waals surface area contributed by atoms with Crippen LogP contribution in [0.25, 0.3) is 21.8 Å². The molecule has 0 saturated heterocycles. The quantitative estimate of drug-likeness (QED) is 0.328. The topological polar surface area (TPSA) is 81.7 Å². The molecule has 1 unspecified atom stereocenters. The Kier molecular flexibility index (Phi) is 4.10. The third kappa shape index (κ3) is 2.80. The van der Waals surface area contributed by atoms with Crippen LogP contribution in [-0.2, 0) is 6.54 Å². The van der Waals surface area contributed by atoms with Crippen LogP contribution in [0, 0.1) is 5.82 Å². The van der Waals surface area contributed by atoms with Gasteiger partial charge in [0.25, 0.3) is 0 Å². The zero-order valence-corrected chi connectivity index (χ0v) is 14.0. The number of nitrogens with two attached hydrogens (primary N) is 2. The maximum absolute atomic E-state index is 13.2. The summed E-state index contributed by atoms with van der Waals surface area (Å²) in [6.45, 7) is 0.651. The number of aromatic nitrogens is 1. The minimum Gasteiger partial charge on any atom is -0.336 e. The molecule has 0 aliphatic heterocycles. The molecule has 4 rings (SSSR count). The van der Waals surface area contributed by atoms with Crippen LogP contribution in [-0.4, -0.2) is 4.57 Å². The molecule has 5 nitrogen and oxygen atoms in total. The van der Waals surface area contributed by atoms with Gasteiger partial charge >= 0.3 is 0 Å². The lowest BCUT2D eigenvalue weighted by Gasteiger charge is -2.09. The molecule has 1 aromatic heterocycles. The second kappa shape index (κ2) is 6.57. The first-order valence-corrected chi connectivity index (χ1v) is 8.28. The van der Waals surface area contributed by atoms with E-state index in [0.717, 1.165) is 32.9 Å². The average molecular weight is 347 g/mol. The maximum Gasteiger partial charge on any atom is 0.146 e. The van der Waals surface area contributed by atoms with Crippen LogP contribution < -0.4 is 11.6 Å². The Labute approximate surface area is 149 Å². The summed E-state index contributed by atoms with van der Waals surface area (Å²) in [5, 5.41) is 9.30. The van der Waals surface area contributed by atoms with Crippen molar-refractivity contribution in [1.82, 2.24) is 4.57 Å². The minimum absolute atomic E-state index is 0.233. The van der Waals surface area contributed by atoms with Gasteiger partial charge in [-0.25, -0.2) is 4.39 Å².